The Balaban J connectivity index is 2.08. The molecular formula is C14H19FN2O3S. The molecule has 1 aromatic rings. The van der Waals surface area contributed by atoms with Gasteiger partial charge in [0.25, 0.3) is 0 Å². The third kappa shape index (κ3) is 3.79. The van der Waals surface area contributed by atoms with Crippen molar-refractivity contribution in [2.24, 2.45) is 5.92 Å². The molecule has 1 fully saturated rings. The third-order valence-electron chi connectivity index (χ3n) is 3.78. The van der Waals surface area contributed by atoms with Crippen molar-refractivity contribution in [2.45, 2.75) is 19.3 Å². The number of halogens is 1. The van der Waals surface area contributed by atoms with Gasteiger partial charge in [0.15, 0.2) is 5.78 Å². The number of hydrogen-bond donors (Lipinski definition) is 1. The maximum Gasteiger partial charge on any atom is 0.211 e. The van der Waals surface area contributed by atoms with Crippen LogP contribution in [0.2, 0.25) is 0 Å². The van der Waals surface area contributed by atoms with Crippen molar-refractivity contribution in [3.05, 3.63) is 29.6 Å². The molecule has 0 spiro atoms. The maximum atomic E-state index is 13.4. The first kappa shape index (κ1) is 15.9. The van der Waals surface area contributed by atoms with E-state index in [1.54, 1.807) is 0 Å². The lowest BCUT2D eigenvalue weighted by Crippen LogP contribution is -2.39. The van der Waals surface area contributed by atoms with Crippen LogP contribution in [0.4, 0.5) is 10.1 Å². The van der Waals surface area contributed by atoms with Gasteiger partial charge in [-0.3, -0.25) is 4.79 Å². The molecule has 7 heteroatoms. The second-order valence-electron chi connectivity index (χ2n) is 5.46. The topological polar surface area (TPSA) is 80.5 Å². The second kappa shape index (κ2) is 6.11. The summed E-state index contributed by atoms with van der Waals surface area (Å²) in [7, 11) is -3.24. The van der Waals surface area contributed by atoms with Crippen LogP contribution in [0, 0.1) is 11.7 Å². The van der Waals surface area contributed by atoms with Crippen molar-refractivity contribution in [1.29, 1.82) is 0 Å². The lowest BCUT2D eigenvalue weighted by atomic mass is 9.91. The van der Waals surface area contributed by atoms with E-state index in [4.69, 9.17) is 5.73 Å². The summed E-state index contributed by atoms with van der Waals surface area (Å²) in [4.78, 5) is 12.2. The average Bonchev–Trinajstić information content (AvgIpc) is 2.41. The molecule has 0 aromatic heterocycles. The molecule has 0 radical (unpaired) electrons. The van der Waals surface area contributed by atoms with E-state index in [1.165, 1.54) is 28.8 Å². The largest absolute Gasteiger partial charge is 0.396 e. The van der Waals surface area contributed by atoms with Crippen LogP contribution in [0.5, 0.6) is 0 Å². The Hall–Kier alpha value is -1.47. The Kier molecular flexibility index (Phi) is 4.63. The van der Waals surface area contributed by atoms with Crippen LogP contribution in [0.25, 0.3) is 0 Å². The van der Waals surface area contributed by atoms with Gasteiger partial charge in [-0.05, 0) is 30.9 Å². The summed E-state index contributed by atoms with van der Waals surface area (Å²) in [6, 6.07) is 4.15. The van der Waals surface area contributed by atoms with Crippen LogP contribution in [0.3, 0.4) is 0 Å². The summed E-state index contributed by atoms with van der Waals surface area (Å²) in [5, 5.41) is 0. The van der Waals surface area contributed by atoms with E-state index in [9.17, 15) is 17.6 Å². The van der Waals surface area contributed by atoms with Gasteiger partial charge < -0.3 is 5.73 Å². The summed E-state index contributed by atoms with van der Waals surface area (Å²) < 4.78 is 37.9. The van der Waals surface area contributed by atoms with E-state index < -0.39 is 15.8 Å². The fraction of sp³-hybridized carbons (Fsp3) is 0.500. The number of carbonyl (C=O) groups is 1. The first-order chi connectivity index (χ1) is 9.79. The zero-order valence-electron chi connectivity index (χ0n) is 11.9. The van der Waals surface area contributed by atoms with Crippen LogP contribution in [-0.4, -0.2) is 37.9 Å². The SMILES string of the molecule is CS(=O)(=O)N1CCCC(CC(=O)c2cccc(F)c2N)C1. The quantitative estimate of drug-likeness (QED) is 0.677. The lowest BCUT2D eigenvalue weighted by molar-refractivity contribution is 0.0943. The minimum Gasteiger partial charge on any atom is -0.396 e. The zero-order chi connectivity index (χ0) is 15.6. The number of rotatable bonds is 4. The number of ketones is 1. The van der Waals surface area contributed by atoms with Gasteiger partial charge in [-0.1, -0.05) is 6.07 Å². The molecule has 0 amide bonds. The molecule has 0 bridgehead atoms. The van der Waals surface area contributed by atoms with Gasteiger partial charge in [-0.15, -0.1) is 0 Å². The van der Waals surface area contributed by atoms with Crippen molar-refractivity contribution in [1.82, 2.24) is 4.31 Å². The summed E-state index contributed by atoms with van der Waals surface area (Å²) in [5.41, 5.74) is 5.62. The maximum absolute atomic E-state index is 13.4. The Morgan fingerprint density at radius 1 is 1.48 bits per heavy atom. The van der Waals surface area contributed by atoms with Gasteiger partial charge in [0.05, 0.1) is 11.9 Å². The van der Waals surface area contributed by atoms with Crippen molar-refractivity contribution in [3.8, 4) is 0 Å². The summed E-state index contributed by atoms with van der Waals surface area (Å²) in [6.07, 6.45) is 2.86. The minimum atomic E-state index is -3.24. The van der Waals surface area contributed by atoms with E-state index in [-0.39, 0.29) is 29.4 Å². The normalized spacial score (nSPS) is 20.4. The van der Waals surface area contributed by atoms with Gasteiger partial charge >= 0.3 is 0 Å². The number of hydrogen-bond acceptors (Lipinski definition) is 4. The molecule has 2 rings (SSSR count). The first-order valence-electron chi connectivity index (χ1n) is 6.81. The van der Waals surface area contributed by atoms with E-state index in [2.05, 4.69) is 0 Å². The number of carbonyl (C=O) groups excluding carboxylic acids is 1. The van der Waals surface area contributed by atoms with E-state index in [0.29, 0.717) is 13.1 Å². The molecule has 116 valence electrons. The lowest BCUT2D eigenvalue weighted by Gasteiger charge is -2.30. The van der Waals surface area contributed by atoms with Crippen LogP contribution in [0.1, 0.15) is 29.6 Å². The van der Waals surface area contributed by atoms with Gasteiger partial charge in [-0.25, -0.2) is 17.1 Å². The molecule has 5 nitrogen and oxygen atoms in total. The molecule has 0 aliphatic carbocycles. The Morgan fingerprint density at radius 3 is 2.86 bits per heavy atom. The standard InChI is InChI=1S/C14H19FN2O3S/c1-21(19,20)17-7-3-4-10(9-17)8-13(18)11-5-2-6-12(15)14(11)16/h2,5-6,10H,3-4,7-9,16H2,1H3. The predicted molar refractivity (Wildman–Crippen MR) is 78.9 cm³/mol. The molecule has 21 heavy (non-hydrogen) atoms. The fourth-order valence-corrected chi connectivity index (χ4v) is 3.59. The van der Waals surface area contributed by atoms with Crippen molar-refractivity contribution in [3.63, 3.8) is 0 Å². The average molecular weight is 314 g/mol. The van der Waals surface area contributed by atoms with Crippen LogP contribution in [0.15, 0.2) is 18.2 Å². The van der Waals surface area contributed by atoms with Crippen molar-refractivity contribution >= 4 is 21.5 Å². The molecule has 2 N–H and O–H groups in total. The van der Waals surface area contributed by atoms with E-state index >= 15 is 0 Å². The Labute approximate surface area is 124 Å². The fourth-order valence-electron chi connectivity index (χ4n) is 2.65. The van der Waals surface area contributed by atoms with Gasteiger partial charge in [0, 0.05) is 25.1 Å². The van der Waals surface area contributed by atoms with Gasteiger partial charge in [-0.2, -0.15) is 0 Å². The highest BCUT2D eigenvalue weighted by atomic mass is 32.2. The first-order valence-corrected chi connectivity index (χ1v) is 8.66. The third-order valence-corrected chi connectivity index (χ3v) is 5.05. The molecule has 1 heterocycles. The van der Waals surface area contributed by atoms with Crippen LogP contribution in [-0.2, 0) is 10.0 Å². The van der Waals surface area contributed by atoms with Crippen molar-refractivity contribution < 1.29 is 17.6 Å². The molecule has 0 saturated carbocycles. The van der Waals surface area contributed by atoms with Gasteiger partial charge in [0.2, 0.25) is 10.0 Å². The number of nitrogens with zero attached hydrogens (tertiary/aromatic N) is 1. The molecule has 1 aliphatic rings. The number of nitrogen functional groups attached to an aromatic ring is 1. The molecule has 1 unspecified atom stereocenters. The van der Waals surface area contributed by atoms with Crippen LogP contribution < -0.4 is 5.73 Å². The zero-order valence-corrected chi connectivity index (χ0v) is 12.7. The monoisotopic (exact) mass is 314 g/mol. The number of piperidine rings is 1. The summed E-state index contributed by atoms with van der Waals surface area (Å²) >= 11 is 0. The number of benzene rings is 1. The van der Waals surface area contributed by atoms with Crippen molar-refractivity contribution in [2.75, 3.05) is 25.1 Å². The number of Topliss-reactive ketones (excluding diaryl/α,β-unsaturated/α-hetero) is 1. The smallest absolute Gasteiger partial charge is 0.211 e. The minimum absolute atomic E-state index is 0.0522. The molecular weight excluding hydrogens is 295 g/mol. The molecule has 1 aliphatic heterocycles. The Morgan fingerprint density at radius 2 is 2.19 bits per heavy atom. The summed E-state index contributed by atoms with van der Waals surface area (Å²) in [6.45, 7) is 0.825. The molecule has 1 aromatic carbocycles. The highest BCUT2D eigenvalue weighted by Gasteiger charge is 2.28. The Bertz CT molecular complexity index is 646. The van der Waals surface area contributed by atoms with E-state index in [0.717, 1.165) is 12.8 Å². The molecule has 1 saturated heterocycles. The highest BCUT2D eigenvalue weighted by molar-refractivity contribution is 7.88. The number of nitrogens with two attached hydrogens (primary N) is 1. The molecule has 1 atom stereocenters. The highest BCUT2D eigenvalue weighted by Crippen LogP contribution is 2.25. The number of sulfonamides is 1. The van der Waals surface area contributed by atoms with Gasteiger partial charge in [0.1, 0.15) is 5.82 Å². The van der Waals surface area contributed by atoms with E-state index in [1.807, 2.05) is 0 Å². The predicted octanol–water partition coefficient (Wildman–Crippen LogP) is 1.65. The van der Waals surface area contributed by atoms with Crippen LogP contribution >= 0.6 is 0 Å². The second-order valence-corrected chi connectivity index (χ2v) is 7.44. The number of para-hydroxylation sites is 1. The summed E-state index contributed by atoms with van der Waals surface area (Å²) in [5.74, 6) is -0.904. The number of anilines is 1.